The van der Waals surface area contributed by atoms with Crippen molar-refractivity contribution in [3.63, 3.8) is 0 Å². The third-order valence-corrected chi connectivity index (χ3v) is 6.56. The molecular weight excluding hydrogens is 432 g/mol. The maximum Gasteiger partial charge on any atom is 0.409 e. The maximum atomic E-state index is 13.5. The Morgan fingerprint density at radius 3 is 2.41 bits per heavy atom. The molecule has 1 fully saturated rings. The summed E-state index contributed by atoms with van der Waals surface area (Å²) in [5.74, 6) is -0.0425. The number of rotatable bonds is 7. The van der Waals surface area contributed by atoms with E-state index in [0.29, 0.717) is 29.4 Å². The second kappa shape index (κ2) is 9.99. The van der Waals surface area contributed by atoms with Crippen LogP contribution in [0.5, 0.6) is 0 Å². The number of fused-ring (bicyclic) bond motifs is 1. The monoisotopic (exact) mass is 462 g/mol. The zero-order valence-corrected chi connectivity index (χ0v) is 19.3. The number of hydrogen-bond donors (Lipinski definition) is 3. The minimum absolute atomic E-state index is 0.0664. The number of primary amides is 1. The summed E-state index contributed by atoms with van der Waals surface area (Å²) in [6, 6.07) is 14.0. The van der Waals surface area contributed by atoms with Crippen molar-refractivity contribution >= 4 is 34.5 Å². The number of carbonyl (C=O) groups excluding carboxylic acids is 2. The fraction of sp³-hybridized carbons (Fsp3) is 0.346. The molecular formula is C26H30N4O4. The minimum atomic E-state index is -1.15. The first-order valence-electron chi connectivity index (χ1n) is 11.6. The first-order chi connectivity index (χ1) is 16.3. The molecule has 0 spiro atoms. The Labute approximate surface area is 198 Å². The first kappa shape index (κ1) is 23.4. The smallest absolute Gasteiger partial charge is 0.409 e. The first-order valence-corrected chi connectivity index (χ1v) is 11.6. The molecule has 178 valence electrons. The van der Waals surface area contributed by atoms with Crippen LogP contribution in [0.3, 0.4) is 0 Å². The van der Waals surface area contributed by atoms with Crippen molar-refractivity contribution in [1.29, 1.82) is 0 Å². The lowest BCUT2D eigenvalue weighted by Gasteiger charge is -2.27. The molecule has 1 aliphatic rings. The SMILES string of the molecule is CN(CC1CCCCC1)C(=O)c1cc2ccc(NC(=O)O)cc2n1Cc1ccc(C(N)=O)cc1. The highest BCUT2D eigenvalue weighted by atomic mass is 16.4. The van der Waals surface area contributed by atoms with Crippen LogP contribution in [-0.2, 0) is 6.54 Å². The molecule has 4 N–H and O–H groups in total. The molecule has 1 heterocycles. The van der Waals surface area contributed by atoms with Gasteiger partial charge in [0.15, 0.2) is 0 Å². The molecule has 8 nitrogen and oxygen atoms in total. The molecule has 8 heteroatoms. The lowest BCUT2D eigenvalue weighted by Crippen LogP contribution is -2.34. The van der Waals surface area contributed by atoms with Crippen molar-refractivity contribution in [1.82, 2.24) is 9.47 Å². The molecule has 0 unspecified atom stereocenters. The lowest BCUT2D eigenvalue weighted by atomic mass is 9.89. The van der Waals surface area contributed by atoms with Crippen molar-refractivity contribution in [2.24, 2.45) is 11.7 Å². The summed E-state index contributed by atoms with van der Waals surface area (Å²) in [7, 11) is 1.85. The van der Waals surface area contributed by atoms with Crippen LogP contribution >= 0.6 is 0 Å². The second-order valence-corrected chi connectivity index (χ2v) is 9.07. The lowest BCUT2D eigenvalue weighted by molar-refractivity contribution is 0.0750. The van der Waals surface area contributed by atoms with Crippen molar-refractivity contribution in [3.8, 4) is 0 Å². The van der Waals surface area contributed by atoms with E-state index in [-0.39, 0.29) is 5.91 Å². The van der Waals surface area contributed by atoms with Crippen LogP contribution in [0.2, 0.25) is 0 Å². The van der Waals surface area contributed by atoms with E-state index < -0.39 is 12.0 Å². The Balaban J connectivity index is 1.69. The highest BCUT2D eigenvalue weighted by Gasteiger charge is 2.23. The predicted molar refractivity (Wildman–Crippen MR) is 131 cm³/mol. The van der Waals surface area contributed by atoms with E-state index in [1.54, 1.807) is 29.2 Å². The molecule has 1 saturated carbocycles. The maximum absolute atomic E-state index is 13.5. The quantitative estimate of drug-likeness (QED) is 0.478. The van der Waals surface area contributed by atoms with Gasteiger partial charge in [0.2, 0.25) is 5.91 Å². The summed E-state index contributed by atoms with van der Waals surface area (Å²) in [4.78, 5) is 37.9. The van der Waals surface area contributed by atoms with Gasteiger partial charge in [-0.1, -0.05) is 37.5 Å². The third kappa shape index (κ3) is 5.22. The van der Waals surface area contributed by atoms with Gasteiger partial charge in [0.25, 0.3) is 5.91 Å². The molecule has 0 aliphatic heterocycles. The van der Waals surface area contributed by atoms with E-state index in [0.717, 1.165) is 35.9 Å². The third-order valence-electron chi connectivity index (χ3n) is 6.56. The van der Waals surface area contributed by atoms with E-state index in [1.807, 2.05) is 35.9 Å². The summed E-state index contributed by atoms with van der Waals surface area (Å²) in [5.41, 5.74) is 8.38. The van der Waals surface area contributed by atoms with Gasteiger partial charge in [0.1, 0.15) is 5.69 Å². The van der Waals surface area contributed by atoms with Crippen LogP contribution in [0, 0.1) is 5.92 Å². The largest absolute Gasteiger partial charge is 0.465 e. The summed E-state index contributed by atoms with van der Waals surface area (Å²) < 4.78 is 1.90. The van der Waals surface area contributed by atoms with Gasteiger partial charge in [-0.15, -0.1) is 0 Å². The number of aromatic nitrogens is 1. The van der Waals surface area contributed by atoms with Crippen molar-refractivity contribution in [2.75, 3.05) is 18.9 Å². The summed E-state index contributed by atoms with van der Waals surface area (Å²) in [6.45, 7) is 1.11. The number of carboxylic acid groups (broad SMARTS) is 1. The summed E-state index contributed by atoms with van der Waals surface area (Å²) in [6.07, 6.45) is 4.85. The van der Waals surface area contributed by atoms with E-state index in [1.165, 1.54) is 19.3 Å². The van der Waals surface area contributed by atoms with Gasteiger partial charge in [0, 0.05) is 36.8 Å². The zero-order chi connectivity index (χ0) is 24.2. The van der Waals surface area contributed by atoms with Gasteiger partial charge in [-0.05, 0) is 54.7 Å². The fourth-order valence-corrected chi connectivity index (χ4v) is 4.80. The normalized spacial score (nSPS) is 14.1. The van der Waals surface area contributed by atoms with Gasteiger partial charge in [-0.2, -0.15) is 0 Å². The molecule has 0 radical (unpaired) electrons. The average Bonchev–Trinajstić information content (AvgIpc) is 3.16. The zero-order valence-electron chi connectivity index (χ0n) is 19.3. The van der Waals surface area contributed by atoms with Crippen molar-refractivity contribution in [3.05, 3.63) is 65.4 Å². The van der Waals surface area contributed by atoms with Crippen LogP contribution in [0.25, 0.3) is 10.9 Å². The number of anilines is 1. The topological polar surface area (TPSA) is 118 Å². The Hall–Kier alpha value is -3.81. The van der Waals surface area contributed by atoms with Crippen LogP contribution in [-0.4, -0.2) is 46.1 Å². The molecule has 0 saturated heterocycles. The fourth-order valence-electron chi connectivity index (χ4n) is 4.80. The van der Waals surface area contributed by atoms with E-state index in [2.05, 4.69) is 5.32 Å². The van der Waals surface area contributed by atoms with Crippen LogP contribution in [0.4, 0.5) is 10.5 Å². The average molecular weight is 463 g/mol. The van der Waals surface area contributed by atoms with Crippen LogP contribution in [0.1, 0.15) is 58.5 Å². The van der Waals surface area contributed by atoms with Gasteiger partial charge >= 0.3 is 6.09 Å². The number of benzene rings is 2. The second-order valence-electron chi connectivity index (χ2n) is 9.07. The number of nitrogens with one attached hydrogen (secondary N) is 1. The van der Waals surface area contributed by atoms with Crippen LogP contribution in [0.15, 0.2) is 48.5 Å². The number of amides is 3. The summed E-state index contributed by atoms with van der Waals surface area (Å²) in [5, 5.41) is 12.3. The number of nitrogens with two attached hydrogens (primary N) is 1. The molecule has 3 amide bonds. The van der Waals surface area contributed by atoms with Gasteiger partial charge < -0.3 is 20.3 Å². The van der Waals surface area contributed by atoms with E-state index in [9.17, 15) is 14.4 Å². The highest BCUT2D eigenvalue weighted by Crippen LogP contribution is 2.28. The van der Waals surface area contributed by atoms with Crippen molar-refractivity contribution in [2.45, 2.75) is 38.6 Å². The summed E-state index contributed by atoms with van der Waals surface area (Å²) >= 11 is 0. The number of nitrogens with zero attached hydrogens (tertiary/aromatic N) is 2. The number of carbonyl (C=O) groups is 3. The minimum Gasteiger partial charge on any atom is -0.465 e. The van der Waals surface area contributed by atoms with E-state index >= 15 is 0 Å². The Bertz CT molecular complexity index is 1210. The molecule has 1 aromatic heterocycles. The Morgan fingerprint density at radius 1 is 1.06 bits per heavy atom. The molecule has 3 aromatic rings. The Morgan fingerprint density at radius 2 is 1.76 bits per heavy atom. The molecule has 34 heavy (non-hydrogen) atoms. The van der Waals surface area contributed by atoms with Gasteiger partial charge in [-0.25, -0.2) is 4.79 Å². The van der Waals surface area contributed by atoms with Gasteiger partial charge in [0.05, 0.1) is 5.52 Å². The molecule has 1 aliphatic carbocycles. The Kier molecular flexibility index (Phi) is 6.86. The highest BCUT2D eigenvalue weighted by molar-refractivity contribution is 6.00. The van der Waals surface area contributed by atoms with Gasteiger partial charge in [-0.3, -0.25) is 14.9 Å². The standard InChI is InChI=1S/C26H30N4O4/c1-29(15-17-5-3-2-4-6-17)25(32)23-13-20-11-12-21(28-26(33)34)14-22(20)30(23)16-18-7-9-19(10-8-18)24(27)31/h7-14,17,28H,2-6,15-16H2,1H3,(H2,27,31)(H,33,34). The molecule has 2 aromatic carbocycles. The predicted octanol–water partition coefficient (Wildman–Crippen LogP) is 4.53. The molecule has 0 atom stereocenters. The van der Waals surface area contributed by atoms with Crippen molar-refractivity contribution < 1.29 is 19.5 Å². The number of hydrogen-bond acceptors (Lipinski definition) is 3. The molecule has 4 rings (SSSR count). The molecule has 0 bridgehead atoms. The van der Waals surface area contributed by atoms with E-state index in [4.69, 9.17) is 10.8 Å². The van der Waals surface area contributed by atoms with Crippen LogP contribution < -0.4 is 11.1 Å².